The fourth-order valence-corrected chi connectivity index (χ4v) is 8.19. The van der Waals surface area contributed by atoms with E-state index in [0.717, 1.165) is 154 Å². The van der Waals surface area contributed by atoms with Crippen LogP contribution in [0.5, 0.6) is 0 Å². The number of carbonyl (C=O) groups excluding carboxylic acids is 3. The molecular weight excluding hydrogens is 997 g/mol. The first-order valence-corrected chi connectivity index (χ1v) is 30.2. The van der Waals surface area contributed by atoms with Gasteiger partial charge in [0.05, 0.1) is 6.61 Å². The van der Waals surface area contributed by atoms with E-state index >= 15 is 0 Å². The highest BCUT2D eigenvalue weighted by Crippen LogP contribution is 2.26. The molecule has 1 heterocycles. The van der Waals surface area contributed by atoms with Gasteiger partial charge in [0.1, 0.15) is 18.8 Å². The lowest BCUT2D eigenvalue weighted by atomic mass is 9.98. The van der Waals surface area contributed by atoms with Crippen molar-refractivity contribution in [1.29, 1.82) is 0 Å². The smallest absolute Gasteiger partial charge is 0.335 e. The van der Waals surface area contributed by atoms with E-state index < -0.39 is 67.3 Å². The summed E-state index contributed by atoms with van der Waals surface area (Å²) in [7, 11) is 0. The number of carbonyl (C=O) groups is 4. The molecule has 1 fully saturated rings. The van der Waals surface area contributed by atoms with Crippen LogP contribution in [0.2, 0.25) is 0 Å². The first kappa shape index (κ1) is 71.9. The zero-order chi connectivity index (χ0) is 57.5. The maximum atomic E-state index is 13.2. The minimum absolute atomic E-state index is 0.0279. The molecule has 0 radical (unpaired) electrons. The summed E-state index contributed by atoms with van der Waals surface area (Å²) in [5.41, 5.74) is 0. The average Bonchev–Trinajstić information content (AvgIpc) is 3.46. The van der Waals surface area contributed by atoms with Gasteiger partial charge in [-0.3, -0.25) is 14.4 Å². The summed E-state index contributed by atoms with van der Waals surface area (Å²) >= 11 is 0. The number of ether oxygens (including phenoxy) is 5. The molecule has 12 nitrogen and oxygen atoms in total. The molecule has 3 N–H and O–H groups in total. The number of aliphatic hydroxyl groups excluding tert-OH is 2. The highest BCUT2D eigenvalue weighted by Gasteiger charge is 2.50. The lowest BCUT2D eigenvalue weighted by molar-refractivity contribution is -0.301. The second-order valence-corrected chi connectivity index (χ2v) is 19.8. The highest BCUT2D eigenvalue weighted by atomic mass is 16.7. The molecule has 0 aromatic carbocycles. The quantitative estimate of drug-likeness (QED) is 0.0228. The molecule has 1 aliphatic rings. The van der Waals surface area contributed by atoms with Gasteiger partial charge < -0.3 is 39.0 Å². The standard InChI is InChI=1S/C67H104O12/c1-4-7-10-13-16-19-22-25-28-29-30-31-34-35-38-41-44-47-50-53-59(68)75-56-58(77-60(69)54-51-48-45-42-39-36-32-26-23-20-17-14-11-8-5-2)57-76-67-65(63(72)62(71)64(79-67)66(73)74)78-61(70)55-52-49-46-43-40-37-33-27-24-21-18-15-12-9-6-3/h7-12,16-21,25-28,30-33,35,38,58,62-65,67,71-72H,4-6,13-15,22-24,29,34,36-37,39-57H2,1-3H3,(H,73,74)/b10-7-,11-8-,12-9-,19-16-,20-17-,21-18-,28-25-,31-30-,32-26-,33-27-,38-35-. The van der Waals surface area contributed by atoms with Gasteiger partial charge in [-0.1, -0.05) is 199 Å². The molecule has 0 bridgehead atoms. The van der Waals surface area contributed by atoms with Crippen LogP contribution < -0.4 is 0 Å². The number of unbranched alkanes of at least 4 members (excludes halogenated alkanes) is 13. The molecule has 6 unspecified atom stereocenters. The van der Waals surface area contributed by atoms with Crippen LogP contribution in [0.1, 0.15) is 213 Å². The van der Waals surface area contributed by atoms with Gasteiger partial charge in [-0.15, -0.1) is 0 Å². The summed E-state index contributed by atoms with van der Waals surface area (Å²) < 4.78 is 28.4. The van der Waals surface area contributed by atoms with E-state index in [1.54, 1.807) is 0 Å². The van der Waals surface area contributed by atoms with Crippen LogP contribution in [-0.2, 0) is 42.9 Å². The number of rotatable bonds is 49. The van der Waals surface area contributed by atoms with Gasteiger partial charge in [-0.25, -0.2) is 4.79 Å². The SMILES string of the molecule is CC/C=C\C/C=C\C/C=C\C/C=C\C/C=C\CCCCCC(=O)OCC(COC1OC(C(=O)O)C(O)C(O)C1OC(=O)CCCCCCC/C=C\C/C=C\C/C=C\CC)OC(=O)CCCCCCC/C=C\C/C=C\C/C=C\CC. The summed E-state index contributed by atoms with van der Waals surface area (Å²) in [6.07, 6.45) is 62.7. The maximum absolute atomic E-state index is 13.2. The second kappa shape index (κ2) is 53.5. The number of allylic oxidation sites excluding steroid dienone is 22. The summed E-state index contributed by atoms with van der Waals surface area (Å²) in [5, 5.41) is 31.5. The van der Waals surface area contributed by atoms with Crippen LogP contribution in [-0.4, -0.2) is 89.2 Å². The molecule has 0 spiro atoms. The molecule has 444 valence electrons. The van der Waals surface area contributed by atoms with E-state index in [1.165, 1.54) is 0 Å². The van der Waals surface area contributed by atoms with Crippen molar-refractivity contribution in [2.45, 2.75) is 250 Å². The van der Waals surface area contributed by atoms with E-state index in [9.17, 15) is 34.5 Å². The molecule has 12 heteroatoms. The third-order valence-electron chi connectivity index (χ3n) is 12.7. The van der Waals surface area contributed by atoms with Crippen LogP contribution >= 0.6 is 0 Å². The lowest BCUT2D eigenvalue weighted by Crippen LogP contribution is -2.61. The van der Waals surface area contributed by atoms with Crippen molar-refractivity contribution in [3.05, 3.63) is 134 Å². The van der Waals surface area contributed by atoms with E-state index in [-0.39, 0.29) is 25.9 Å². The largest absolute Gasteiger partial charge is 0.479 e. The lowest BCUT2D eigenvalue weighted by Gasteiger charge is -2.40. The number of hydrogen-bond acceptors (Lipinski definition) is 11. The topological polar surface area (TPSA) is 175 Å². The van der Waals surface area contributed by atoms with Gasteiger partial charge in [0.15, 0.2) is 24.6 Å². The molecule has 6 atom stereocenters. The van der Waals surface area contributed by atoms with Crippen LogP contribution in [0.15, 0.2) is 134 Å². The number of carboxylic acids is 1. The minimum Gasteiger partial charge on any atom is -0.479 e. The molecule has 0 aliphatic carbocycles. The van der Waals surface area contributed by atoms with E-state index in [1.807, 2.05) is 0 Å². The van der Waals surface area contributed by atoms with E-state index in [4.69, 9.17) is 23.7 Å². The molecule has 1 rings (SSSR count). The van der Waals surface area contributed by atoms with Crippen molar-refractivity contribution < 1.29 is 58.2 Å². The van der Waals surface area contributed by atoms with Crippen LogP contribution in [0, 0.1) is 0 Å². The first-order valence-electron chi connectivity index (χ1n) is 30.2. The first-order chi connectivity index (χ1) is 38.6. The van der Waals surface area contributed by atoms with Crippen molar-refractivity contribution in [3.63, 3.8) is 0 Å². The van der Waals surface area contributed by atoms with Crippen molar-refractivity contribution in [2.75, 3.05) is 13.2 Å². The number of aliphatic hydroxyl groups is 2. The molecular formula is C67H104O12. The Morgan fingerprint density at radius 1 is 0.418 bits per heavy atom. The van der Waals surface area contributed by atoms with Gasteiger partial charge in [-0.05, 0) is 128 Å². The molecule has 79 heavy (non-hydrogen) atoms. The van der Waals surface area contributed by atoms with E-state index in [2.05, 4.69) is 154 Å². The van der Waals surface area contributed by atoms with Crippen molar-refractivity contribution >= 4 is 23.9 Å². The zero-order valence-corrected chi connectivity index (χ0v) is 48.8. The minimum atomic E-state index is -1.92. The Labute approximate surface area is 477 Å². The number of carboxylic acid groups (broad SMARTS) is 1. The Morgan fingerprint density at radius 2 is 0.759 bits per heavy atom. The van der Waals surface area contributed by atoms with Crippen LogP contribution in [0.3, 0.4) is 0 Å². The second-order valence-electron chi connectivity index (χ2n) is 19.8. The summed E-state index contributed by atoms with van der Waals surface area (Å²) in [6.45, 7) is 5.59. The molecule has 0 amide bonds. The predicted octanol–water partition coefficient (Wildman–Crippen LogP) is 15.8. The average molecular weight is 1100 g/mol. The summed E-state index contributed by atoms with van der Waals surface area (Å²) in [5.74, 6) is -3.23. The van der Waals surface area contributed by atoms with Crippen molar-refractivity contribution in [1.82, 2.24) is 0 Å². The van der Waals surface area contributed by atoms with Gasteiger partial charge in [0, 0.05) is 19.3 Å². The Morgan fingerprint density at radius 3 is 1.16 bits per heavy atom. The Kier molecular flexibility index (Phi) is 48.7. The highest BCUT2D eigenvalue weighted by molar-refractivity contribution is 5.74. The molecule has 0 aromatic heterocycles. The third kappa shape index (κ3) is 43.4. The zero-order valence-electron chi connectivity index (χ0n) is 48.8. The summed E-state index contributed by atoms with van der Waals surface area (Å²) in [4.78, 5) is 51.2. The Balaban J connectivity index is 2.74. The number of esters is 3. The fourth-order valence-electron chi connectivity index (χ4n) is 8.19. The third-order valence-corrected chi connectivity index (χ3v) is 12.7. The Hall–Kier alpha value is -5.14. The molecule has 0 aromatic rings. The number of hydrogen-bond donors (Lipinski definition) is 3. The van der Waals surface area contributed by atoms with Gasteiger partial charge in [-0.2, -0.15) is 0 Å². The van der Waals surface area contributed by atoms with Crippen molar-refractivity contribution in [3.8, 4) is 0 Å². The fraction of sp³-hybridized carbons (Fsp3) is 0.612. The Bertz CT molecular complexity index is 1880. The van der Waals surface area contributed by atoms with E-state index in [0.29, 0.717) is 19.3 Å². The normalized spacial score (nSPS) is 18.8. The maximum Gasteiger partial charge on any atom is 0.335 e. The summed E-state index contributed by atoms with van der Waals surface area (Å²) in [6, 6.07) is 0. The monoisotopic (exact) mass is 1100 g/mol. The molecule has 1 saturated heterocycles. The van der Waals surface area contributed by atoms with Crippen LogP contribution in [0.4, 0.5) is 0 Å². The predicted molar refractivity (Wildman–Crippen MR) is 321 cm³/mol. The van der Waals surface area contributed by atoms with Gasteiger partial charge in [0.2, 0.25) is 0 Å². The van der Waals surface area contributed by atoms with Crippen molar-refractivity contribution in [2.24, 2.45) is 0 Å². The van der Waals surface area contributed by atoms with Gasteiger partial charge >= 0.3 is 23.9 Å². The number of aliphatic carboxylic acids is 1. The van der Waals surface area contributed by atoms with Crippen LogP contribution in [0.25, 0.3) is 0 Å². The molecule has 0 saturated carbocycles. The van der Waals surface area contributed by atoms with Gasteiger partial charge in [0.25, 0.3) is 0 Å². The molecule has 1 aliphatic heterocycles.